The van der Waals surface area contributed by atoms with E-state index >= 15 is 0 Å². The number of aromatic nitrogens is 4. The number of ether oxygens (including phenoxy) is 1. The Bertz CT molecular complexity index is 2740. The third-order valence-corrected chi connectivity index (χ3v) is 11.8. The van der Waals surface area contributed by atoms with Gasteiger partial charge in [0.1, 0.15) is 17.7 Å². The molecule has 4 heterocycles. The van der Waals surface area contributed by atoms with Gasteiger partial charge in [-0.3, -0.25) is 9.59 Å². The molecule has 14 nitrogen and oxygen atoms in total. The predicted molar refractivity (Wildman–Crippen MR) is 234 cm³/mol. The molecule has 9 rings (SSSR count). The van der Waals surface area contributed by atoms with Crippen LogP contribution in [0.1, 0.15) is 72.6 Å². The van der Waals surface area contributed by atoms with Gasteiger partial charge in [-0.15, -0.1) is 0 Å². The molecular formula is C48H46N8O6. The van der Waals surface area contributed by atoms with Crippen molar-refractivity contribution >= 4 is 46.4 Å². The quantitative estimate of drug-likeness (QED) is 0.0477. The summed E-state index contributed by atoms with van der Waals surface area (Å²) in [5.41, 5.74) is 9.02. The van der Waals surface area contributed by atoms with E-state index in [1.165, 1.54) is 14.2 Å². The minimum Gasteiger partial charge on any atom is -0.453 e. The van der Waals surface area contributed by atoms with Gasteiger partial charge in [0.25, 0.3) is 11.8 Å². The molecular weight excluding hydrogens is 785 g/mol. The number of fused-ring (bicyclic) bond motifs is 2. The van der Waals surface area contributed by atoms with Crippen molar-refractivity contribution in [1.82, 2.24) is 35.1 Å². The fourth-order valence-corrected chi connectivity index (χ4v) is 8.71. The highest BCUT2D eigenvalue weighted by atomic mass is 17.2. The Labute approximate surface area is 357 Å². The standard InChI is InChI=1S/C48H46N8O6/c1-60-48(59)54-43(33-13-7-4-8-14-33)47(58)56-26-10-16-41(56)45-51-37-24-22-35(28-39(37)53-45)31-19-17-30(18-20-31)34-21-23-36-38(27-34)52-44(50-36)40-15-9-25-55(40)46(57)42(49-29-62-61-2)32-11-5-3-6-12-32/h3-8,11-14,17-24,27-29,40-43H,9-10,15-16,25-26H2,1-2H3,(H,50,52)(H,51,53)(H,54,59)/t40-,41-,42+,43+/m0/s1. The fourth-order valence-electron chi connectivity index (χ4n) is 8.71. The number of aliphatic imine (C=N–C) groups is 1. The lowest BCUT2D eigenvalue weighted by Crippen LogP contribution is -2.42. The maximum atomic E-state index is 14.0. The molecule has 3 amide bonds. The number of likely N-dealkylation sites (tertiary alicyclic amines) is 2. The average molecular weight is 831 g/mol. The molecule has 7 aromatic rings. The van der Waals surface area contributed by atoms with Gasteiger partial charge in [0.2, 0.25) is 6.40 Å². The first kappa shape index (κ1) is 40.1. The van der Waals surface area contributed by atoms with E-state index in [-0.39, 0.29) is 23.9 Å². The van der Waals surface area contributed by atoms with Gasteiger partial charge in [0.15, 0.2) is 6.04 Å². The molecule has 2 fully saturated rings. The molecule has 14 heteroatoms. The number of nitrogens with one attached hydrogen (secondary N) is 3. The molecule has 5 aromatic carbocycles. The van der Waals surface area contributed by atoms with Gasteiger partial charge < -0.3 is 34.7 Å². The highest BCUT2D eigenvalue weighted by molar-refractivity contribution is 5.89. The molecule has 0 saturated carbocycles. The summed E-state index contributed by atoms with van der Waals surface area (Å²) in [6.45, 7) is 1.15. The number of methoxy groups -OCH3 is 1. The zero-order chi connectivity index (χ0) is 42.6. The Balaban J connectivity index is 0.909. The Kier molecular flexibility index (Phi) is 11.5. The first-order chi connectivity index (χ1) is 30.4. The van der Waals surface area contributed by atoms with Crippen molar-refractivity contribution in [2.24, 2.45) is 4.99 Å². The second-order valence-electron chi connectivity index (χ2n) is 15.5. The zero-order valence-electron chi connectivity index (χ0n) is 34.4. The number of hydrogen-bond donors (Lipinski definition) is 3. The van der Waals surface area contributed by atoms with E-state index in [4.69, 9.17) is 19.6 Å². The number of amides is 3. The second-order valence-corrected chi connectivity index (χ2v) is 15.5. The zero-order valence-corrected chi connectivity index (χ0v) is 34.4. The van der Waals surface area contributed by atoms with E-state index in [1.807, 2.05) is 77.7 Å². The van der Waals surface area contributed by atoms with E-state index in [2.05, 4.69) is 73.7 Å². The summed E-state index contributed by atoms with van der Waals surface area (Å²) in [7, 11) is 2.67. The van der Waals surface area contributed by atoms with Crippen LogP contribution in [0.4, 0.5) is 4.79 Å². The maximum absolute atomic E-state index is 14.0. The van der Waals surface area contributed by atoms with Crippen LogP contribution >= 0.6 is 0 Å². The molecule has 2 aromatic heterocycles. The normalized spacial score (nSPS) is 17.5. The molecule has 314 valence electrons. The third-order valence-electron chi connectivity index (χ3n) is 11.8. The predicted octanol–water partition coefficient (Wildman–Crippen LogP) is 8.55. The molecule has 3 N–H and O–H groups in total. The molecule has 0 bridgehead atoms. The van der Waals surface area contributed by atoms with Crippen LogP contribution in [-0.4, -0.2) is 81.4 Å². The van der Waals surface area contributed by atoms with E-state index in [1.54, 1.807) is 4.90 Å². The SMILES string of the molecule is COOC=N[C@@H](C(=O)N1CCC[C@H]1c1nc2ccc(-c3ccc(-c4ccc5nc([C@@H]6CCCN6C(=O)[C@H](NC(=O)OC)c6ccccc6)[nH]c5c4)cc3)cc2[nH]1)c1ccccc1. The van der Waals surface area contributed by atoms with Crippen LogP contribution < -0.4 is 5.32 Å². The number of rotatable bonds is 12. The lowest BCUT2D eigenvalue weighted by atomic mass is 10.00. The number of hydrogen-bond acceptors (Lipinski definition) is 9. The molecule has 4 atom stereocenters. The summed E-state index contributed by atoms with van der Waals surface area (Å²) in [5, 5.41) is 2.73. The number of nitrogens with zero attached hydrogens (tertiary/aromatic N) is 5. The number of carbonyl (C=O) groups excluding carboxylic acids is 3. The van der Waals surface area contributed by atoms with Crippen molar-refractivity contribution in [1.29, 1.82) is 0 Å². The number of imidazole rings is 2. The van der Waals surface area contributed by atoms with Crippen LogP contribution in [0, 0.1) is 0 Å². The van der Waals surface area contributed by atoms with Crippen molar-refractivity contribution in [2.75, 3.05) is 27.3 Å². The van der Waals surface area contributed by atoms with E-state index in [9.17, 15) is 14.4 Å². The summed E-state index contributed by atoms with van der Waals surface area (Å²) >= 11 is 0. The monoisotopic (exact) mass is 830 g/mol. The molecule has 62 heavy (non-hydrogen) atoms. The summed E-state index contributed by atoms with van der Waals surface area (Å²) in [4.78, 5) is 74.8. The summed E-state index contributed by atoms with van der Waals surface area (Å²) in [6.07, 6.45) is 3.70. The molecule has 2 saturated heterocycles. The smallest absolute Gasteiger partial charge is 0.407 e. The lowest BCUT2D eigenvalue weighted by Gasteiger charge is -2.28. The molecule has 0 spiro atoms. The van der Waals surface area contributed by atoms with Crippen LogP contribution in [-0.2, 0) is 24.1 Å². The Morgan fingerprint density at radius 2 is 1.18 bits per heavy atom. The van der Waals surface area contributed by atoms with Gasteiger partial charge in [-0.05, 0) is 83.3 Å². The number of benzene rings is 5. The first-order valence-corrected chi connectivity index (χ1v) is 20.7. The minimum atomic E-state index is -0.884. The topological polar surface area (TPSA) is 167 Å². The maximum Gasteiger partial charge on any atom is 0.407 e. The largest absolute Gasteiger partial charge is 0.453 e. The van der Waals surface area contributed by atoms with Crippen molar-refractivity contribution in [3.05, 3.63) is 144 Å². The van der Waals surface area contributed by atoms with Crippen molar-refractivity contribution in [3.8, 4) is 22.3 Å². The average Bonchev–Trinajstić information content (AvgIpc) is 4.15. The number of alkyl carbamates (subject to hydrolysis) is 1. The van der Waals surface area contributed by atoms with Crippen LogP contribution in [0.3, 0.4) is 0 Å². The van der Waals surface area contributed by atoms with Gasteiger partial charge in [-0.25, -0.2) is 19.8 Å². The highest BCUT2D eigenvalue weighted by Gasteiger charge is 2.38. The molecule has 0 radical (unpaired) electrons. The van der Waals surface area contributed by atoms with Crippen LogP contribution in [0.25, 0.3) is 44.3 Å². The van der Waals surface area contributed by atoms with E-state index in [0.29, 0.717) is 24.5 Å². The molecule has 2 aliphatic heterocycles. The summed E-state index contributed by atoms with van der Waals surface area (Å²) in [6, 6.07) is 37.3. The van der Waals surface area contributed by atoms with Crippen molar-refractivity contribution in [3.63, 3.8) is 0 Å². The van der Waals surface area contributed by atoms with Gasteiger partial charge in [0.05, 0.1) is 48.4 Å². The van der Waals surface area contributed by atoms with E-state index in [0.717, 1.165) is 87.8 Å². The van der Waals surface area contributed by atoms with Gasteiger partial charge in [-0.1, -0.05) is 97.1 Å². The molecule has 0 unspecified atom stereocenters. The second kappa shape index (κ2) is 17.7. The Hall–Kier alpha value is -7.32. The van der Waals surface area contributed by atoms with Crippen LogP contribution in [0.15, 0.2) is 126 Å². The molecule has 0 aliphatic carbocycles. The lowest BCUT2D eigenvalue weighted by molar-refractivity contribution is -0.188. The Morgan fingerprint density at radius 1 is 0.677 bits per heavy atom. The van der Waals surface area contributed by atoms with Crippen LogP contribution in [0.5, 0.6) is 0 Å². The van der Waals surface area contributed by atoms with Crippen molar-refractivity contribution < 1.29 is 28.9 Å². The first-order valence-electron chi connectivity index (χ1n) is 20.7. The van der Waals surface area contributed by atoms with Crippen molar-refractivity contribution in [2.45, 2.75) is 49.9 Å². The minimum absolute atomic E-state index is 0.126. The number of H-pyrrole nitrogens is 2. The number of aromatic amines is 2. The van der Waals surface area contributed by atoms with Crippen LogP contribution in [0.2, 0.25) is 0 Å². The van der Waals surface area contributed by atoms with Gasteiger partial charge >= 0.3 is 6.09 Å². The van der Waals surface area contributed by atoms with Gasteiger partial charge in [0, 0.05) is 13.1 Å². The fraction of sp³-hybridized carbons (Fsp3) is 0.250. The molecule has 2 aliphatic rings. The van der Waals surface area contributed by atoms with E-state index < -0.39 is 18.2 Å². The highest BCUT2D eigenvalue weighted by Crippen LogP contribution is 2.37. The summed E-state index contributed by atoms with van der Waals surface area (Å²) < 4.78 is 4.85. The summed E-state index contributed by atoms with van der Waals surface area (Å²) in [5.74, 6) is 1.13. The third kappa shape index (κ3) is 8.11. The number of carbonyl (C=O) groups is 3. The van der Waals surface area contributed by atoms with Gasteiger partial charge in [-0.2, -0.15) is 4.89 Å². The Morgan fingerprint density at radius 3 is 1.69 bits per heavy atom.